The fourth-order valence-electron chi connectivity index (χ4n) is 2.80. The van der Waals surface area contributed by atoms with Gasteiger partial charge in [0.2, 0.25) is 0 Å². The zero-order valence-corrected chi connectivity index (χ0v) is 15.7. The van der Waals surface area contributed by atoms with E-state index in [1.807, 2.05) is 37.3 Å². The molecule has 26 heavy (non-hydrogen) atoms. The third-order valence-corrected chi connectivity index (χ3v) is 4.45. The van der Waals surface area contributed by atoms with Crippen LogP contribution in [0.2, 0.25) is 0 Å². The highest BCUT2D eigenvalue weighted by atomic mass is 16.5. The van der Waals surface area contributed by atoms with E-state index in [9.17, 15) is 4.79 Å². The maximum Gasteiger partial charge on any atom is 0.319 e. The average molecular weight is 358 g/mol. The predicted octanol–water partition coefficient (Wildman–Crippen LogP) is 3.78. The second-order valence-corrected chi connectivity index (χ2v) is 5.79. The van der Waals surface area contributed by atoms with Crippen LogP contribution in [0, 0.1) is 0 Å². The van der Waals surface area contributed by atoms with Crippen molar-refractivity contribution in [1.82, 2.24) is 5.32 Å². The molecule has 0 aromatic heterocycles. The first-order valence-corrected chi connectivity index (χ1v) is 8.46. The SMILES string of the molecule is CCC(CNC(=O)Nc1ccc(OC)cc1OC)(OC)c1ccccc1. The summed E-state index contributed by atoms with van der Waals surface area (Å²) in [5.74, 6) is 1.18. The lowest BCUT2D eigenvalue weighted by atomic mass is 9.91. The smallest absolute Gasteiger partial charge is 0.319 e. The average Bonchev–Trinajstić information content (AvgIpc) is 2.70. The van der Waals surface area contributed by atoms with E-state index in [0.29, 0.717) is 23.7 Å². The lowest BCUT2D eigenvalue weighted by Gasteiger charge is -2.32. The standard InChI is InChI=1S/C20H26N2O4/c1-5-20(26-4,15-9-7-6-8-10-15)14-21-19(23)22-17-12-11-16(24-2)13-18(17)25-3/h6-13H,5,14H2,1-4H3,(H2,21,22,23). The molecule has 2 rings (SSSR count). The summed E-state index contributed by atoms with van der Waals surface area (Å²) in [6.45, 7) is 2.37. The van der Waals surface area contributed by atoms with Gasteiger partial charge in [-0.2, -0.15) is 0 Å². The number of carbonyl (C=O) groups excluding carboxylic acids is 1. The lowest BCUT2D eigenvalue weighted by molar-refractivity contribution is -0.0149. The van der Waals surface area contributed by atoms with E-state index < -0.39 is 5.60 Å². The van der Waals surface area contributed by atoms with Crippen molar-refractivity contribution in [3.63, 3.8) is 0 Å². The number of urea groups is 1. The molecule has 6 nitrogen and oxygen atoms in total. The Morgan fingerprint density at radius 2 is 1.77 bits per heavy atom. The summed E-state index contributed by atoms with van der Waals surface area (Å²) in [5, 5.41) is 5.69. The number of benzene rings is 2. The quantitative estimate of drug-likeness (QED) is 0.753. The van der Waals surface area contributed by atoms with Gasteiger partial charge in [0.1, 0.15) is 17.1 Å². The van der Waals surface area contributed by atoms with Gasteiger partial charge in [0.05, 0.1) is 26.5 Å². The number of methoxy groups -OCH3 is 3. The monoisotopic (exact) mass is 358 g/mol. The third-order valence-electron chi connectivity index (χ3n) is 4.45. The van der Waals surface area contributed by atoms with Crippen molar-refractivity contribution in [2.24, 2.45) is 0 Å². The van der Waals surface area contributed by atoms with Crippen LogP contribution in [0.1, 0.15) is 18.9 Å². The molecule has 0 bridgehead atoms. The molecular weight excluding hydrogens is 332 g/mol. The summed E-state index contributed by atoms with van der Waals surface area (Å²) < 4.78 is 16.2. The predicted molar refractivity (Wildman–Crippen MR) is 102 cm³/mol. The minimum Gasteiger partial charge on any atom is -0.497 e. The number of hydrogen-bond acceptors (Lipinski definition) is 4. The Morgan fingerprint density at radius 3 is 2.35 bits per heavy atom. The Kier molecular flexibility index (Phi) is 6.86. The molecule has 0 spiro atoms. The van der Waals surface area contributed by atoms with E-state index >= 15 is 0 Å². The van der Waals surface area contributed by atoms with Crippen LogP contribution < -0.4 is 20.1 Å². The molecule has 0 aliphatic carbocycles. The molecule has 1 atom stereocenters. The summed E-state index contributed by atoms with van der Waals surface area (Å²) in [7, 11) is 4.77. The maximum atomic E-state index is 12.4. The van der Waals surface area contributed by atoms with Gasteiger partial charge in [0.15, 0.2) is 0 Å². The number of amides is 2. The van der Waals surface area contributed by atoms with E-state index in [-0.39, 0.29) is 6.03 Å². The molecule has 140 valence electrons. The highest BCUT2D eigenvalue weighted by Crippen LogP contribution is 2.30. The van der Waals surface area contributed by atoms with Crippen molar-refractivity contribution in [2.45, 2.75) is 18.9 Å². The van der Waals surface area contributed by atoms with Gasteiger partial charge in [-0.3, -0.25) is 0 Å². The fourth-order valence-corrected chi connectivity index (χ4v) is 2.80. The molecule has 0 fully saturated rings. The Bertz CT molecular complexity index is 715. The van der Waals surface area contributed by atoms with Gasteiger partial charge in [-0.15, -0.1) is 0 Å². The van der Waals surface area contributed by atoms with Gasteiger partial charge in [0, 0.05) is 13.2 Å². The van der Waals surface area contributed by atoms with Gasteiger partial charge >= 0.3 is 6.03 Å². The molecule has 0 saturated heterocycles. The van der Waals surface area contributed by atoms with Crippen LogP contribution in [0.3, 0.4) is 0 Å². The zero-order chi connectivity index (χ0) is 19.0. The van der Waals surface area contributed by atoms with Crippen LogP contribution in [-0.2, 0) is 10.3 Å². The molecule has 2 aromatic rings. The van der Waals surface area contributed by atoms with Gasteiger partial charge in [-0.05, 0) is 24.1 Å². The van der Waals surface area contributed by atoms with Crippen LogP contribution in [-0.4, -0.2) is 33.9 Å². The summed E-state index contributed by atoms with van der Waals surface area (Å²) in [4.78, 5) is 12.4. The topological polar surface area (TPSA) is 68.8 Å². The Balaban J connectivity index is 2.07. The van der Waals surface area contributed by atoms with Crippen molar-refractivity contribution in [2.75, 3.05) is 33.2 Å². The Labute approximate surface area is 154 Å². The number of ether oxygens (including phenoxy) is 3. The van der Waals surface area contributed by atoms with Gasteiger partial charge < -0.3 is 24.8 Å². The van der Waals surface area contributed by atoms with Gasteiger partial charge in [0.25, 0.3) is 0 Å². The molecule has 0 radical (unpaired) electrons. The van der Waals surface area contributed by atoms with E-state index in [2.05, 4.69) is 10.6 Å². The van der Waals surface area contributed by atoms with Crippen molar-refractivity contribution < 1.29 is 19.0 Å². The Hall–Kier alpha value is -2.73. The summed E-state index contributed by atoms with van der Waals surface area (Å²) in [5.41, 5.74) is 1.00. The second-order valence-electron chi connectivity index (χ2n) is 5.79. The molecule has 0 heterocycles. The molecule has 2 N–H and O–H groups in total. The lowest BCUT2D eigenvalue weighted by Crippen LogP contribution is -2.43. The first-order chi connectivity index (χ1) is 12.6. The number of rotatable bonds is 8. The number of hydrogen-bond donors (Lipinski definition) is 2. The number of nitrogens with one attached hydrogen (secondary N) is 2. The van der Waals surface area contributed by atoms with Crippen LogP contribution >= 0.6 is 0 Å². The molecule has 2 aromatic carbocycles. The van der Waals surface area contributed by atoms with E-state index in [1.165, 1.54) is 0 Å². The molecule has 0 aliphatic heterocycles. The zero-order valence-electron chi connectivity index (χ0n) is 15.7. The minimum absolute atomic E-state index is 0.334. The summed E-state index contributed by atoms with van der Waals surface area (Å²) in [6, 6.07) is 14.7. The van der Waals surface area contributed by atoms with Crippen molar-refractivity contribution in [3.8, 4) is 11.5 Å². The van der Waals surface area contributed by atoms with Crippen LogP contribution in [0.15, 0.2) is 48.5 Å². The van der Waals surface area contributed by atoms with Crippen LogP contribution in [0.25, 0.3) is 0 Å². The minimum atomic E-state index is -0.581. The van der Waals surface area contributed by atoms with Gasteiger partial charge in [-0.1, -0.05) is 37.3 Å². The van der Waals surface area contributed by atoms with Crippen LogP contribution in [0.5, 0.6) is 11.5 Å². The van der Waals surface area contributed by atoms with Gasteiger partial charge in [-0.25, -0.2) is 4.79 Å². The molecule has 0 saturated carbocycles. The molecule has 1 unspecified atom stereocenters. The first kappa shape index (κ1) is 19.6. The molecule has 6 heteroatoms. The third kappa shape index (κ3) is 4.46. The van der Waals surface area contributed by atoms with Crippen molar-refractivity contribution in [3.05, 3.63) is 54.1 Å². The summed E-state index contributed by atoms with van der Waals surface area (Å²) in [6.07, 6.45) is 0.722. The Morgan fingerprint density at radius 1 is 1.04 bits per heavy atom. The van der Waals surface area contributed by atoms with E-state index in [0.717, 1.165) is 12.0 Å². The normalized spacial score (nSPS) is 12.8. The largest absolute Gasteiger partial charge is 0.497 e. The highest BCUT2D eigenvalue weighted by Gasteiger charge is 2.30. The van der Waals surface area contributed by atoms with Crippen LogP contribution in [0.4, 0.5) is 10.5 Å². The maximum absolute atomic E-state index is 12.4. The first-order valence-electron chi connectivity index (χ1n) is 8.46. The van der Waals surface area contributed by atoms with Crippen molar-refractivity contribution in [1.29, 1.82) is 0 Å². The van der Waals surface area contributed by atoms with E-state index in [1.54, 1.807) is 39.5 Å². The highest BCUT2D eigenvalue weighted by molar-refractivity contribution is 5.91. The molecule has 0 aliphatic rings. The van der Waals surface area contributed by atoms with Crippen molar-refractivity contribution >= 4 is 11.7 Å². The summed E-state index contributed by atoms with van der Waals surface area (Å²) >= 11 is 0. The number of carbonyl (C=O) groups is 1. The fraction of sp³-hybridized carbons (Fsp3) is 0.350. The molecular formula is C20H26N2O4. The molecule has 2 amide bonds. The second kappa shape index (κ2) is 9.10. The number of anilines is 1. The van der Waals surface area contributed by atoms with E-state index in [4.69, 9.17) is 14.2 Å².